The molecule has 0 aliphatic carbocycles. The predicted molar refractivity (Wildman–Crippen MR) is 59.7 cm³/mol. The third-order valence-electron chi connectivity index (χ3n) is 2.80. The molecule has 0 saturated carbocycles. The Morgan fingerprint density at radius 3 is 2.42 bits per heavy atom. The molecule has 1 aliphatic rings. The van der Waals surface area contributed by atoms with Crippen LogP contribution in [0.4, 0.5) is 23.2 Å². The topological polar surface area (TPSA) is 63.4 Å². The maximum Gasteiger partial charge on any atom is 0.226 e. The van der Waals surface area contributed by atoms with Gasteiger partial charge in [0.15, 0.2) is 21.5 Å². The van der Waals surface area contributed by atoms with Crippen LogP contribution in [0.3, 0.4) is 0 Å². The maximum atomic E-state index is 13.5. The molecule has 1 heterocycles. The summed E-state index contributed by atoms with van der Waals surface area (Å²) < 4.78 is 75.9. The second-order valence-corrected chi connectivity index (χ2v) is 6.42. The Bertz CT molecular complexity index is 633. The smallest absolute Gasteiger partial charge is 0.226 e. The number of anilines is 1. The van der Waals surface area contributed by atoms with Crippen LogP contribution in [0.25, 0.3) is 0 Å². The molecule has 1 saturated heterocycles. The summed E-state index contributed by atoms with van der Waals surface area (Å²) in [5.41, 5.74) is 4.21. The van der Waals surface area contributed by atoms with E-state index in [-0.39, 0.29) is 0 Å². The first-order valence-corrected chi connectivity index (χ1v) is 7.01. The van der Waals surface area contributed by atoms with Crippen LogP contribution >= 0.6 is 0 Å². The number of nitrogens with zero attached hydrogens (tertiary/aromatic N) is 1. The molecule has 106 valence electrons. The largest absolute Gasteiger partial charge is 0.331 e. The van der Waals surface area contributed by atoms with Gasteiger partial charge in [0.1, 0.15) is 0 Å². The quantitative estimate of drug-likeness (QED) is 0.505. The summed E-state index contributed by atoms with van der Waals surface area (Å²) in [6, 6.07) is 1.22. The Hall–Kier alpha value is -1.35. The minimum absolute atomic E-state index is 0.479. The zero-order chi connectivity index (χ0) is 14.6. The van der Waals surface area contributed by atoms with Gasteiger partial charge < -0.3 is 4.90 Å². The lowest BCUT2D eigenvalue weighted by Crippen LogP contribution is -2.70. The first-order valence-electron chi connectivity index (χ1n) is 5.11. The van der Waals surface area contributed by atoms with Gasteiger partial charge in [-0.3, -0.25) is 5.73 Å². The van der Waals surface area contributed by atoms with E-state index in [1.165, 1.54) is 0 Å². The van der Waals surface area contributed by atoms with Gasteiger partial charge in [-0.25, -0.2) is 26.0 Å². The summed E-state index contributed by atoms with van der Waals surface area (Å²) in [5, 5.41) is 0. The van der Waals surface area contributed by atoms with Crippen molar-refractivity contribution >= 4 is 15.5 Å². The number of hydrogen-bond acceptors (Lipinski definition) is 4. The lowest BCUT2D eigenvalue weighted by atomic mass is 10.0. The molecule has 19 heavy (non-hydrogen) atoms. The van der Waals surface area contributed by atoms with Gasteiger partial charge in [0.05, 0.1) is 17.1 Å². The molecule has 1 fully saturated rings. The van der Waals surface area contributed by atoms with E-state index in [1.807, 2.05) is 0 Å². The Morgan fingerprint density at radius 1 is 1.42 bits per heavy atom. The molecule has 9 heteroatoms. The molecule has 4 nitrogen and oxygen atoms in total. The zero-order valence-electron chi connectivity index (χ0n) is 9.70. The summed E-state index contributed by atoms with van der Waals surface area (Å²) in [6.07, 6.45) is -1.58. The summed E-state index contributed by atoms with van der Waals surface area (Å²) in [7, 11) is -3.81. The van der Waals surface area contributed by atoms with E-state index in [0.29, 0.717) is 11.0 Å². The molecule has 2 rings (SSSR count). The molecule has 1 aromatic carbocycles. The highest BCUT2D eigenvalue weighted by Gasteiger charge is 2.53. The lowest BCUT2D eigenvalue weighted by Gasteiger charge is -2.46. The van der Waals surface area contributed by atoms with Crippen molar-refractivity contribution in [2.75, 3.05) is 17.7 Å². The van der Waals surface area contributed by atoms with Gasteiger partial charge in [-0.05, 0) is 12.1 Å². The fourth-order valence-electron chi connectivity index (χ4n) is 1.74. The highest BCUT2D eigenvalue weighted by Crippen LogP contribution is 2.37. The summed E-state index contributed by atoms with van der Waals surface area (Å²) in [4.78, 5) is -0.00502. The fraction of sp³-hybridized carbons (Fsp3) is 0.400. The average molecular weight is 298 g/mol. The number of rotatable bonds is 2. The molecular weight excluding hydrogens is 288 g/mol. The van der Waals surface area contributed by atoms with Crippen molar-refractivity contribution in [3.8, 4) is 0 Å². The van der Waals surface area contributed by atoms with E-state index in [0.717, 1.165) is 12.3 Å². The summed E-state index contributed by atoms with van der Waals surface area (Å²) in [6.45, 7) is -0.697. The molecular formula is C10H10F4N2O2S. The SMILES string of the molecule is CS(=O)(=O)c1cc(F)c(F)c(N2CC(N)(F)C2F)c1. The van der Waals surface area contributed by atoms with E-state index < -0.39 is 50.7 Å². The van der Waals surface area contributed by atoms with Crippen LogP contribution in [0.2, 0.25) is 0 Å². The molecule has 2 N–H and O–H groups in total. The second kappa shape index (κ2) is 4.07. The van der Waals surface area contributed by atoms with Crippen molar-refractivity contribution in [3.05, 3.63) is 23.8 Å². The minimum atomic E-state index is -3.81. The molecule has 2 atom stereocenters. The van der Waals surface area contributed by atoms with E-state index in [4.69, 9.17) is 5.73 Å². The van der Waals surface area contributed by atoms with Gasteiger partial charge in [-0.15, -0.1) is 0 Å². The first kappa shape index (κ1) is 14.1. The standard InChI is InChI=1S/C10H10F4N2O2S/c1-19(17,18)5-2-6(11)8(12)7(3-5)16-4-10(14,15)9(16)13/h2-3,9H,4,15H2,1H3. The van der Waals surface area contributed by atoms with Crippen LogP contribution in [0, 0.1) is 11.6 Å². The van der Waals surface area contributed by atoms with E-state index in [9.17, 15) is 26.0 Å². The second-order valence-electron chi connectivity index (χ2n) is 4.40. The van der Waals surface area contributed by atoms with E-state index in [1.54, 1.807) is 0 Å². The number of alkyl halides is 2. The van der Waals surface area contributed by atoms with Crippen LogP contribution in [0.5, 0.6) is 0 Å². The summed E-state index contributed by atoms with van der Waals surface area (Å²) >= 11 is 0. The van der Waals surface area contributed by atoms with Gasteiger partial charge in [-0.1, -0.05) is 0 Å². The number of benzene rings is 1. The van der Waals surface area contributed by atoms with Crippen LogP contribution < -0.4 is 10.6 Å². The van der Waals surface area contributed by atoms with Gasteiger partial charge in [0.2, 0.25) is 12.1 Å². The van der Waals surface area contributed by atoms with Crippen molar-refractivity contribution in [2.45, 2.75) is 17.0 Å². The normalized spacial score (nSPS) is 27.3. The van der Waals surface area contributed by atoms with Crippen molar-refractivity contribution < 1.29 is 26.0 Å². The fourth-order valence-corrected chi connectivity index (χ4v) is 2.39. The Labute approximate surface area is 106 Å². The van der Waals surface area contributed by atoms with E-state index in [2.05, 4.69) is 0 Å². The van der Waals surface area contributed by atoms with Crippen molar-refractivity contribution in [2.24, 2.45) is 5.73 Å². The number of nitrogens with two attached hydrogens (primary N) is 1. The number of sulfone groups is 1. The van der Waals surface area contributed by atoms with Crippen molar-refractivity contribution in [1.29, 1.82) is 0 Å². The van der Waals surface area contributed by atoms with Crippen LogP contribution in [-0.4, -0.2) is 33.3 Å². The third kappa shape index (κ3) is 2.27. The molecule has 2 unspecified atom stereocenters. The molecule has 0 aromatic heterocycles. The highest BCUT2D eigenvalue weighted by atomic mass is 32.2. The van der Waals surface area contributed by atoms with E-state index >= 15 is 0 Å². The Balaban J connectivity index is 2.50. The maximum absolute atomic E-state index is 13.5. The molecule has 1 aromatic rings. The summed E-state index contributed by atoms with van der Waals surface area (Å²) in [5.74, 6) is -5.58. The van der Waals surface area contributed by atoms with Gasteiger partial charge >= 0.3 is 0 Å². The Kier molecular flexibility index (Phi) is 3.01. The van der Waals surface area contributed by atoms with Crippen molar-refractivity contribution in [1.82, 2.24) is 0 Å². The molecule has 1 aliphatic heterocycles. The van der Waals surface area contributed by atoms with Gasteiger partial charge in [-0.2, -0.15) is 0 Å². The number of hydrogen-bond donors (Lipinski definition) is 1. The monoisotopic (exact) mass is 298 g/mol. The minimum Gasteiger partial charge on any atom is -0.331 e. The van der Waals surface area contributed by atoms with Crippen molar-refractivity contribution in [3.63, 3.8) is 0 Å². The van der Waals surface area contributed by atoms with Gasteiger partial charge in [0, 0.05) is 6.26 Å². The highest BCUT2D eigenvalue weighted by molar-refractivity contribution is 7.90. The molecule has 0 radical (unpaired) electrons. The third-order valence-corrected chi connectivity index (χ3v) is 3.89. The Morgan fingerprint density at radius 2 is 2.00 bits per heavy atom. The molecule has 0 spiro atoms. The molecule has 0 amide bonds. The zero-order valence-corrected chi connectivity index (χ0v) is 10.5. The molecule has 0 bridgehead atoms. The predicted octanol–water partition coefficient (Wildman–Crippen LogP) is 1.11. The van der Waals surface area contributed by atoms with Gasteiger partial charge in [0.25, 0.3) is 0 Å². The van der Waals surface area contributed by atoms with Crippen LogP contribution in [-0.2, 0) is 9.84 Å². The average Bonchev–Trinajstić information content (AvgIpc) is 2.28. The van der Waals surface area contributed by atoms with Crippen LogP contribution in [0.15, 0.2) is 17.0 Å². The first-order chi connectivity index (χ1) is 8.54. The number of halogens is 4. The van der Waals surface area contributed by atoms with Crippen LogP contribution in [0.1, 0.15) is 0 Å². The lowest BCUT2D eigenvalue weighted by molar-refractivity contribution is -0.00725.